The van der Waals surface area contributed by atoms with Crippen LogP contribution in [-0.2, 0) is 10.0 Å². The zero-order valence-electron chi connectivity index (χ0n) is 15.6. The van der Waals surface area contributed by atoms with E-state index in [9.17, 15) is 13.2 Å². The third-order valence-electron chi connectivity index (χ3n) is 4.78. The summed E-state index contributed by atoms with van der Waals surface area (Å²) in [5, 5.41) is 0. The number of hydrogen-bond donors (Lipinski definition) is 2. The van der Waals surface area contributed by atoms with E-state index in [4.69, 9.17) is 13.9 Å². The monoisotopic (exact) mass is 420 g/mol. The fraction of sp³-hybridized carbons (Fsp3) is 0.389. The zero-order chi connectivity index (χ0) is 20.4. The summed E-state index contributed by atoms with van der Waals surface area (Å²) in [6, 6.07) is 4.06. The van der Waals surface area contributed by atoms with Gasteiger partial charge in [0.15, 0.2) is 5.58 Å². The number of ether oxygens (including phenoxy) is 2. The molecule has 0 spiro atoms. The number of methoxy groups -OCH3 is 1. The van der Waals surface area contributed by atoms with Crippen molar-refractivity contribution in [2.45, 2.75) is 42.7 Å². The topological polar surface area (TPSA) is 136 Å². The van der Waals surface area contributed by atoms with Gasteiger partial charge in [-0.2, -0.15) is 4.98 Å². The molecule has 1 saturated carbocycles. The van der Waals surface area contributed by atoms with Gasteiger partial charge in [0.05, 0.1) is 29.9 Å². The van der Waals surface area contributed by atoms with Crippen molar-refractivity contribution in [3.8, 4) is 11.8 Å². The van der Waals surface area contributed by atoms with Crippen LogP contribution < -0.4 is 20.0 Å². The van der Waals surface area contributed by atoms with E-state index in [1.54, 1.807) is 0 Å². The van der Waals surface area contributed by atoms with Crippen LogP contribution >= 0.6 is 0 Å². The summed E-state index contributed by atoms with van der Waals surface area (Å²) >= 11 is 0. The van der Waals surface area contributed by atoms with Gasteiger partial charge in [0, 0.05) is 6.04 Å². The van der Waals surface area contributed by atoms with E-state index >= 15 is 0 Å². The van der Waals surface area contributed by atoms with E-state index in [0.29, 0.717) is 48.5 Å². The fourth-order valence-electron chi connectivity index (χ4n) is 3.34. The molecule has 2 aromatic heterocycles. The van der Waals surface area contributed by atoms with Crippen molar-refractivity contribution < 1.29 is 22.3 Å². The molecule has 11 heteroatoms. The van der Waals surface area contributed by atoms with E-state index in [1.165, 1.54) is 37.7 Å². The number of nitrogens with one attached hydrogen (secondary N) is 2. The van der Waals surface area contributed by atoms with Crippen molar-refractivity contribution in [3.05, 3.63) is 41.1 Å². The molecule has 1 fully saturated rings. The average molecular weight is 420 g/mol. The first kappa shape index (κ1) is 19.4. The molecule has 0 amide bonds. The Balaban J connectivity index is 1.37. The number of fused-ring (bicyclic) bond motifs is 1. The normalized spacial score (nSPS) is 19.9. The Morgan fingerprint density at radius 3 is 2.69 bits per heavy atom. The second kappa shape index (κ2) is 7.84. The quantitative estimate of drug-likeness (QED) is 0.613. The first-order chi connectivity index (χ1) is 13.9. The number of sulfonamides is 1. The number of rotatable bonds is 6. The molecule has 0 saturated heterocycles. The molecule has 3 aromatic rings. The molecule has 0 unspecified atom stereocenters. The first-order valence-electron chi connectivity index (χ1n) is 9.11. The molecule has 4 rings (SSSR count). The number of aromatic amines is 1. The Morgan fingerprint density at radius 2 is 1.93 bits per heavy atom. The van der Waals surface area contributed by atoms with Gasteiger partial charge in [-0.25, -0.2) is 17.9 Å². The molecule has 1 aliphatic carbocycles. The zero-order valence-corrected chi connectivity index (χ0v) is 16.4. The highest BCUT2D eigenvalue weighted by molar-refractivity contribution is 7.89. The third kappa shape index (κ3) is 4.40. The minimum atomic E-state index is -3.72. The highest BCUT2D eigenvalue weighted by Gasteiger charge is 2.27. The van der Waals surface area contributed by atoms with Gasteiger partial charge in [-0.15, -0.1) is 0 Å². The van der Waals surface area contributed by atoms with Crippen LogP contribution in [0.15, 0.2) is 44.7 Å². The molecule has 0 bridgehead atoms. The molecule has 10 nitrogen and oxygen atoms in total. The summed E-state index contributed by atoms with van der Waals surface area (Å²) in [5.41, 5.74) is 0.654. The number of hydrogen-bond acceptors (Lipinski definition) is 8. The largest absolute Gasteiger partial charge is 0.480 e. The van der Waals surface area contributed by atoms with Crippen LogP contribution in [0.25, 0.3) is 11.1 Å². The molecule has 2 heterocycles. The maximum atomic E-state index is 12.7. The summed E-state index contributed by atoms with van der Waals surface area (Å²) in [4.78, 5) is 22.0. The average Bonchev–Trinajstić information content (AvgIpc) is 3.08. The highest BCUT2D eigenvalue weighted by Crippen LogP contribution is 2.25. The third-order valence-corrected chi connectivity index (χ3v) is 6.30. The summed E-state index contributed by atoms with van der Waals surface area (Å²) in [6.07, 6.45) is 5.57. The van der Waals surface area contributed by atoms with E-state index in [0.717, 1.165) is 0 Å². The summed E-state index contributed by atoms with van der Waals surface area (Å²) in [7, 11) is -2.21. The van der Waals surface area contributed by atoms with Crippen LogP contribution in [0.1, 0.15) is 25.7 Å². The number of H-pyrrole nitrogens is 1. The molecule has 0 atom stereocenters. The number of nitrogens with zero attached hydrogens (tertiary/aromatic N) is 2. The Hall–Kier alpha value is -2.92. The first-order valence-corrected chi connectivity index (χ1v) is 10.6. The molecular weight excluding hydrogens is 400 g/mol. The Labute approximate surface area is 166 Å². The van der Waals surface area contributed by atoms with Gasteiger partial charge in [-0.1, -0.05) is 0 Å². The van der Waals surface area contributed by atoms with Gasteiger partial charge in [0.1, 0.15) is 6.10 Å². The van der Waals surface area contributed by atoms with Crippen LogP contribution in [0.2, 0.25) is 0 Å². The van der Waals surface area contributed by atoms with Crippen molar-refractivity contribution in [1.82, 2.24) is 19.7 Å². The second-order valence-corrected chi connectivity index (χ2v) is 8.50. The molecule has 154 valence electrons. The lowest BCUT2D eigenvalue weighted by atomic mass is 9.94. The van der Waals surface area contributed by atoms with Crippen LogP contribution in [0.5, 0.6) is 11.8 Å². The fourth-order valence-corrected chi connectivity index (χ4v) is 4.67. The summed E-state index contributed by atoms with van der Waals surface area (Å²) < 4.78 is 43.9. The molecule has 2 N–H and O–H groups in total. The standard InChI is InChI=1S/C18H20N4O6S/c1-26-16-9-19-10-17(21-16)27-12-4-2-11(3-5-12)22-29(24,25)13-6-7-15-14(8-13)20-18(23)28-15/h6-12,22H,2-5H2,1H3,(H,20,23). The summed E-state index contributed by atoms with van der Waals surface area (Å²) in [5.74, 6) is 0.136. The van der Waals surface area contributed by atoms with Gasteiger partial charge >= 0.3 is 5.76 Å². The van der Waals surface area contributed by atoms with Crippen LogP contribution in [0.3, 0.4) is 0 Å². The van der Waals surface area contributed by atoms with Crippen LogP contribution in [0.4, 0.5) is 0 Å². The Morgan fingerprint density at radius 1 is 1.17 bits per heavy atom. The summed E-state index contributed by atoms with van der Waals surface area (Å²) in [6.45, 7) is 0. The molecule has 0 aliphatic heterocycles. The van der Waals surface area contributed by atoms with Gasteiger partial charge in [0.2, 0.25) is 21.8 Å². The second-order valence-electron chi connectivity index (χ2n) is 6.78. The van der Waals surface area contributed by atoms with Crippen LogP contribution in [0, 0.1) is 0 Å². The molecule has 0 radical (unpaired) electrons. The van der Waals surface area contributed by atoms with Crippen molar-refractivity contribution in [2.75, 3.05) is 7.11 Å². The molecule has 1 aliphatic rings. The lowest BCUT2D eigenvalue weighted by Gasteiger charge is -2.29. The van der Waals surface area contributed by atoms with Crippen molar-refractivity contribution in [3.63, 3.8) is 0 Å². The van der Waals surface area contributed by atoms with E-state index in [2.05, 4.69) is 19.7 Å². The van der Waals surface area contributed by atoms with Crippen molar-refractivity contribution in [2.24, 2.45) is 0 Å². The van der Waals surface area contributed by atoms with Gasteiger partial charge in [-0.3, -0.25) is 9.97 Å². The van der Waals surface area contributed by atoms with Gasteiger partial charge in [-0.05, 0) is 43.9 Å². The highest BCUT2D eigenvalue weighted by atomic mass is 32.2. The maximum absolute atomic E-state index is 12.7. The predicted molar refractivity (Wildman–Crippen MR) is 102 cm³/mol. The van der Waals surface area contributed by atoms with E-state index < -0.39 is 15.8 Å². The Bertz CT molecular complexity index is 1160. The van der Waals surface area contributed by atoms with E-state index in [-0.39, 0.29) is 17.0 Å². The number of aromatic nitrogens is 3. The minimum Gasteiger partial charge on any atom is -0.480 e. The molecule has 29 heavy (non-hydrogen) atoms. The SMILES string of the molecule is COc1cncc(OC2CCC(NS(=O)(=O)c3ccc4oc(=O)[nH]c4c3)CC2)n1. The Kier molecular flexibility index (Phi) is 5.24. The number of oxazole rings is 1. The van der Waals surface area contributed by atoms with Crippen molar-refractivity contribution in [1.29, 1.82) is 0 Å². The van der Waals surface area contributed by atoms with Crippen molar-refractivity contribution >= 4 is 21.1 Å². The lowest BCUT2D eigenvalue weighted by molar-refractivity contribution is 0.136. The minimum absolute atomic E-state index is 0.0653. The lowest BCUT2D eigenvalue weighted by Crippen LogP contribution is -2.39. The molecular formula is C18H20N4O6S. The van der Waals surface area contributed by atoms with Gasteiger partial charge in [0.25, 0.3) is 0 Å². The van der Waals surface area contributed by atoms with Gasteiger partial charge < -0.3 is 13.9 Å². The van der Waals surface area contributed by atoms with E-state index in [1.807, 2.05) is 0 Å². The predicted octanol–water partition coefficient (Wildman–Crippen LogP) is 1.59. The maximum Gasteiger partial charge on any atom is 0.417 e. The smallest absolute Gasteiger partial charge is 0.417 e. The van der Waals surface area contributed by atoms with Crippen LogP contribution in [-0.4, -0.2) is 42.6 Å². The molecule has 1 aromatic carbocycles. The number of benzene rings is 1.